The fourth-order valence-corrected chi connectivity index (χ4v) is 2.38. The van der Waals surface area contributed by atoms with Crippen LogP contribution in [-0.4, -0.2) is 11.7 Å². The van der Waals surface area contributed by atoms with Crippen LogP contribution in [0.2, 0.25) is 0 Å². The van der Waals surface area contributed by atoms with E-state index in [9.17, 15) is 4.79 Å². The van der Waals surface area contributed by atoms with Gasteiger partial charge in [0.25, 0.3) is 5.56 Å². The van der Waals surface area contributed by atoms with Gasteiger partial charge in [0.1, 0.15) is 11.4 Å². The molecule has 110 valence electrons. The van der Waals surface area contributed by atoms with Gasteiger partial charge < -0.3 is 10.5 Å². The maximum atomic E-state index is 12.6. The fourth-order valence-electron chi connectivity index (χ4n) is 2.38. The van der Waals surface area contributed by atoms with E-state index in [1.165, 1.54) is 4.57 Å². The molecule has 4 heteroatoms. The molecule has 3 aromatic rings. The Morgan fingerprint density at radius 3 is 2.50 bits per heavy atom. The highest BCUT2D eigenvalue weighted by Gasteiger charge is 2.10. The molecule has 0 fully saturated rings. The average Bonchev–Trinajstić information content (AvgIpc) is 2.58. The van der Waals surface area contributed by atoms with E-state index in [-0.39, 0.29) is 11.2 Å². The lowest BCUT2D eigenvalue weighted by molar-refractivity contribution is 0.414. The molecule has 0 aliphatic rings. The second-order valence-corrected chi connectivity index (χ2v) is 4.89. The summed E-state index contributed by atoms with van der Waals surface area (Å²) >= 11 is 0. The summed E-state index contributed by atoms with van der Waals surface area (Å²) in [5.41, 5.74) is 8.44. The van der Waals surface area contributed by atoms with Crippen molar-refractivity contribution >= 4 is 5.69 Å². The highest BCUT2D eigenvalue weighted by atomic mass is 16.5. The molecule has 0 amide bonds. The maximum absolute atomic E-state index is 12.6. The van der Waals surface area contributed by atoms with E-state index in [0.717, 1.165) is 16.8 Å². The number of nitrogens with zero attached hydrogens (tertiary/aromatic N) is 1. The lowest BCUT2D eigenvalue weighted by Crippen LogP contribution is -2.21. The lowest BCUT2D eigenvalue weighted by atomic mass is 10.1. The number of nitrogen functional groups attached to an aromatic ring is 1. The Balaban J connectivity index is 2.13. The zero-order chi connectivity index (χ0) is 15.5. The number of ether oxygens (including phenoxy) is 1. The molecule has 0 atom stereocenters. The predicted molar refractivity (Wildman–Crippen MR) is 88.4 cm³/mol. The molecule has 2 aromatic carbocycles. The molecule has 0 spiro atoms. The number of hydrogen-bond donors (Lipinski definition) is 1. The Morgan fingerprint density at radius 1 is 1.00 bits per heavy atom. The summed E-state index contributed by atoms with van der Waals surface area (Å²) in [6.45, 7) is 0. The van der Waals surface area contributed by atoms with Gasteiger partial charge in [-0.1, -0.05) is 36.4 Å². The summed E-state index contributed by atoms with van der Waals surface area (Å²) in [4.78, 5) is 12.6. The Hall–Kier alpha value is -3.01. The zero-order valence-corrected chi connectivity index (χ0v) is 12.2. The second-order valence-electron chi connectivity index (χ2n) is 4.89. The molecular weight excluding hydrogens is 276 g/mol. The summed E-state index contributed by atoms with van der Waals surface area (Å²) in [6, 6.07) is 18.8. The van der Waals surface area contributed by atoms with E-state index in [1.807, 2.05) is 54.6 Å². The SMILES string of the molecule is COc1cccc(-n2ccc(-c3ccccc3)c(N)c2=O)c1. The van der Waals surface area contributed by atoms with Crippen LogP contribution in [0.15, 0.2) is 71.7 Å². The minimum Gasteiger partial charge on any atom is -0.497 e. The van der Waals surface area contributed by atoms with Crippen LogP contribution in [0.5, 0.6) is 5.75 Å². The summed E-state index contributed by atoms with van der Waals surface area (Å²) in [5, 5.41) is 0. The largest absolute Gasteiger partial charge is 0.497 e. The van der Waals surface area contributed by atoms with Crippen molar-refractivity contribution in [2.45, 2.75) is 0 Å². The van der Waals surface area contributed by atoms with Crippen molar-refractivity contribution < 1.29 is 4.74 Å². The number of nitrogens with two attached hydrogens (primary N) is 1. The first kappa shape index (κ1) is 13.9. The molecule has 0 unspecified atom stereocenters. The number of aromatic nitrogens is 1. The van der Waals surface area contributed by atoms with Crippen LogP contribution >= 0.6 is 0 Å². The standard InChI is InChI=1S/C18H16N2O2/c1-22-15-9-5-8-14(12-15)20-11-10-16(17(19)18(20)21)13-6-3-2-4-7-13/h2-12H,19H2,1H3. The average molecular weight is 292 g/mol. The molecule has 0 bridgehead atoms. The van der Waals surface area contributed by atoms with E-state index in [0.29, 0.717) is 5.75 Å². The van der Waals surface area contributed by atoms with Gasteiger partial charge in [-0.3, -0.25) is 9.36 Å². The van der Waals surface area contributed by atoms with Crippen molar-refractivity contribution in [1.29, 1.82) is 0 Å². The normalized spacial score (nSPS) is 10.4. The highest BCUT2D eigenvalue weighted by Crippen LogP contribution is 2.23. The van der Waals surface area contributed by atoms with Crippen LogP contribution in [0.25, 0.3) is 16.8 Å². The van der Waals surface area contributed by atoms with E-state index in [1.54, 1.807) is 19.4 Å². The summed E-state index contributed by atoms with van der Waals surface area (Å²) in [7, 11) is 1.59. The number of pyridine rings is 1. The zero-order valence-electron chi connectivity index (χ0n) is 12.2. The van der Waals surface area contributed by atoms with E-state index < -0.39 is 0 Å². The number of methoxy groups -OCH3 is 1. The first-order valence-corrected chi connectivity index (χ1v) is 6.91. The molecule has 1 heterocycles. The minimum absolute atomic E-state index is 0.233. The molecule has 3 rings (SSSR count). The van der Waals surface area contributed by atoms with Gasteiger partial charge in [0, 0.05) is 17.8 Å². The Labute approximate surface area is 128 Å². The molecule has 22 heavy (non-hydrogen) atoms. The topological polar surface area (TPSA) is 57.2 Å². The Kier molecular flexibility index (Phi) is 3.66. The third-order valence-electron chi connectivity index (χ3n) is 3.55. The van der Waals surface area contributed by atoms with Gasteiger partial charge in [0.2, 0.25) is 0 Å². The third-order valence-corrected chi connectivity index (χ3v) is 3.55. The Morgan fingerprint density at radius 2 is 1.77 bits per heavy atom. The van der Waals surface area contributed by atoms with Gasteiger partial charge in [0.15, 0.2) is 0 Å². The van der Waals surface area contributed by atoms with Crippen LogP contribution in [0.1, 0.15) is 0 Å². The monoisotopic (exact) mass is 292 g/mol. The van der Waals surface area contributed by atoms with E-state index in [4.69, 9.17) is 10.5 Å². The number of benzene rings is 2. The van der Waals surface area contributed by atoms with Crippen molar-refractivity contribution in [3.8, 4) is 22.6 Å². The first-order valence-electron chi connectivity index (χ1n) is 6.91. The number of hydrogen-bond acceptors (Lipinski definition) is 3. The molecule has 0 radical (unpaired) electrons. The van der Waals surface area contributed by atoms with Crippen molar-refractivity contribution in [3.05, 3.63) is 77.2 Å². The van der Waals surface area contributed by atoms with E-state index >= 15 is 0 Å². The van der Waals surface area contributed by atoms with Crippen LogP contribution in [0.3, 0.4) is 0 Å². The van der Waals surface area contributed by atoms with Gasteiger partial charge in [0.05, 0.1) is 12.8 Å². The molecular formula is C18H16N2O2. The summed E-state index contributed by atoms with van der Waals surface area (Å²) in [5.74, 6) is 0.690. The van der Waals surface area contributed by atoms with Crippen LogP contribution < -0.4 is 16.0 Å². The Bertz CT molecular complexity index is 854. The number of rotatable bonds is 3. The quantitative estimate of drug-likeness (QED) is 0.807. The van der Waals surface area contributed by atoms with Crippen molar-refractivity contribution in [3.63, 3.8) is 0 Å². The lowest BCUT2D eigenvalue weighted by Gasteiger charge is -2.11. The van der Waals surface area contributed by atoms with Crippen molar-refractivity contribution in [2.24, 2.45) is 0 Å². The second kappa shape index (κ2) is 5.77. The van der Waals surface area contributed by atoms with Gasteiger partial charge >= 0.3 is 0 Å². The van der Waals surface area contributed by atoms with Gasteiger partial charge in [-0.2, -0.15) is 0 Å². The molecule has 2 N–H and O–H groups in total. The van der Waals surface area contributed by atoms with E-state index in [2.05, 4.69) is 0 Å². The summed E-state index contributed by atoms with van der Waals surface area (Å²) < 4.78 is 6.71. The minimum atomic E-state index is -0.241. The third kappa shape index (κ3) is 2.46. The molecule has 0 saturated heterocycles. The summed E-state index contributed by atoms with van der Waals surface area (Å²) in [6.07, 6.45) is 1.73. The smallest absolute Gasteiger partial charge is 0.278 e. The van der Waals surface area contributed by atoms with Crippen LogP contribution in [0.4, 0.5) is 5.69 Å². The van der Waals surface area contributed by atoms with Crippen molar-refractivity contribution in [1.82, 2.24) is 4.57 Å². The number of anilines is 1. The van der Waals surface area contributed by atoms with Crippen LogP contribution in [0, 0.1) is 0 Å². The molecule has 0 aliphatic carbocycles. The highest BCUT2D eigenvalue weighted by molar-refractivity contribution is 5.75. The first-order chi connectivity index (χ1) is 10.7. The molecule has 0 aliphatic heterocycles. The fraction of sp³-hybridized carbons (Fsp3) is 0.0556. The van der Waals surface area contributed by atoms with Gasteiger partial charge in [-0.25, -0.2) is 0 Å². The molecule has 0 saturated carbocycles. The molecule has 4 nitrogen and oxygen atoms in total. The van der Waals surface area contributed by atoms with Crippen molar-refractivity contribution in [2.75, 3.05) is 12.8 Å². The maximum Gasteiger partial charge on any atom is 0.278 e. The van der Waals surface area contributed by atoms with Gasteiger partial charge in [-0.05, 0) is 23.8 Å². The molecule has 1 aromatic heterocycles. The predicted octanol–water partition coefficient (Wildman–Crippen LogP) is 3.10. The van der Waals surface area contributed by atoms with Gasteiger partial charge in [-0.15, -0.1) is 0 Å². The van der Waals surface area contributed by atoms with Crippen LogP contribution in [-0.2, 0) is 0 Å².